The minimum absolute atomic E-state index is 0.0645. The molecule has 2 N–H and O–H groups in total. The van der Waals surface area contributed by atoms with E-state index in [4.69, 9.17) is 4.74 Å². The molecule has 0 saturated carbocycles. The van der Waals surface area contributed by atoms with E-state index in [9.17, 15) is 5.11 Å². The summed E-state index contributed by atoms with van der Waals surface area (Å²) < 4.78 is 5.71. The van der Waals surface area contributed by atoms with Crippen LogP contribution in [0.3, 0.4) is 0 Å². The van der Waals surface area contributed by atoms with Crippen molar-refractivity contribution in [2.75, 3.05) is 19.8 Å². The lowest BCUT2D eigenvalue weighted by atomic mass is 9.91. The molecule has 0 aliphatic carbocycles. The molecule has 0 aliphatic rings. The minimum Gasteiger partial charge on any atom is -0.394 e. The Hall–Kier alpha value is -0.120. The summed E-state index contributed by atoms with van der Waals surface area (Å²) in [5, 5.41) is 13.0. The highest BCUT2D eigenvalue weighted by molar-refractivity contribution is 4.85. The second-order valence-corrected chi connectivity index (χ2v) is 5.78. The molecular formula is C14H31NO2. The number of aliphatic hydroxyl groups excluding tert-OH is 1. The average Bonchev–Trinajstić information content (AvgIpc) is 2.28. The third-order valence-electron chi connectivity index (χ3n) is 3.06. The van der Waals surface area contributed by atoms with Crippen molar-refractivity contribution in [2.24, 2.45) is 0 Å². The number of aliphatic hydroxyl groups is 1. The van der Waals surface area contributed by atoms with Crippen LogP contribution in [-0.4, -0.2) is 36.0 Å². The first-order valence-electron chi connectivity index (χ1n) is 6.89. The molecule has 0 spiro atoms. The SMILES string of the molecule is CCCNC(CC)(CO)CCCOC(C)(C)C. The maximum absolute atomic E-state index is 9.56. The van der Waals surface area contributed by atoms with Gasteiger partial charge in [-0.15, -0.1) is 0 Å². The lowest BCUT2D eigenvalue weighted by Crippen LogP contribution is -2.48. The zero-order valence-corrected chi connectivity index (χ0v) is 12.3. The molecule has 0 aromatic rings. The maximum atomic E-state index is 9.56. The molecular weight excluding hydrogens is 214 g/mol. The summed E-state index contributed by atoms with van der Waals surface area (Å²) in [7, 11) is 0. The number of hydrogen-bond donors (Lipinski definition) is 2. The van der Waals surface area contributed by atoms with Crippen molar-refractivity contribution in [1.29, 1.82) is 0 Å². The van der Waals surface area contributed by atoms with Crippen molar-refractivity contribution in [1.82, 2.24) is 5.32 Å². The molecule has 0 heterocycles. The maximum Gasteiger partial charge on any atom is 0.0613 e. The van der Waals surface area contributed by atoms with Crippen molar-refractivity contribution in [3.05, 3.63) is 0 Å². The first-order valence-corrected chi connectivity index (χ1v) is 6.89. The van der Waals surface area contributed by atoms with E-state index in [1.165, 1.54) is 0 Å². The zero-order chi connectivity index (χ0) is 13.4. The van der Waals surface area contributed by atoms with Gasteiger partial charge in [-0.2, -0.15) is 0 Å². The molecule has 0 radical (unpaired) electrons. The fourth-order valence-electron chi connectivity index (χ4n) is 1.82. The van der Waals surface area contributed by atoms with Gasteiger partial charge in [-0.05, 0) is 53.0 Å². The predicted molar refractivity (Wildman–Crippen MR) is 73.3 cm³/mol. The molecule has 1 atom stereocenters. The van der Waals surface area contributed by atoms with E-state index in [0.29, 0.717) is 0 Å². The van der Waals surface area contributed by atoms with E-state index in [2.05, 4.69) is 39.9 Å². The summed E-state index contributed by atoms with van der Waals surface area (Å²) in [6.45, 7) is 12.4. The number of ether oxygens (including phenoxy) is 1. The first kappa shape index (κ1) is 16.9. The van der Waals surface area contributed by atoms with Crippen molar-refractivity contribution in [2.45, 2.75) is 71.4 Å². The topological polar surface area (TPSA) is 41.5 Å². The van der Waals surface area contributed by atoms with Crippen LogP contribution in [0.4, 0.5) is 0 Å². The Balaban J connectivity index is 3.99. The molecule has 0 bridgehead atoms. The Labute approximate surface area is 107 Å². The Morgan fingerprint density at radius 2 is 1.82 bits per heavy atom. The third-order valence-corrected chi connectivity index (χ3v) is 3.06. The van der Waals surface area contributed by atoms with Crippen molar-refractivity contribution in [3.63, 3.8) is 0 Å². The van der Waals surface area contributed by atoms with Gasteiger partial charge in [0.05, 0.1) is 12.2 Å². The standard InChI is InChI=1S/C14H31NO2/c1-6-10-15-14(7-2,12-16)9-8-11-17-13(3,4)5/h15-16H,6-12H2,1-5H3. The summed E-state index contributed by atoms with van der Waals surface area (Å²) in [4.78, 5) is 0. The lowest BCUT2D eigenvalue weighted by molar-refractivity contribution is -0.00872. The van der Waals surface area contributed by atoms with E-state index in [-0.39, 0.29) is 17.7 Å². The van der Waals surface area contributed by atoms with Gasteiger partial charge in [0.15, 0.2) is 0 Å². The molecule has 0 aromatic carbocycles. The highest BCUT2D eigenvalue weighted by Gasteiger charge is 2.25. The molecule has 0 aromatic heterocycles. The number of hydrogen-bond acceptors (Lipinski definition) is 3. The largest absolute Gasteiger partial charge is 0.394 e. The fraction of sp³-hybridized carbons (Fsp3) is 1.00. The van der Waals surface area contributed by atoms with E-state index < -0.39 is 0 Å². The molecule has 0 aliphatic heterocycles. The van der Waals surface area contributed by atoms with Crippen LogP contribution in [0.2, 0.25) is 0 Å². The van der Waals surface area contributed by atoms with Crippen LogP contribution in [0.25, 0.3) is 0 Å². The summed E-state index contributed by atoms with van der Waals surface area (Å²) >= 11 is 0. The van der Waals surface area contributed by atoms with Gasteiger partial charge in [0.1, 0.15) is 0 Å². The average molecular weight is 245 g/mol. The van der Waals surface area contributed by atoms with Gasteiger partial charge in [-0.1, -0.05) is 13.8 Å². The van der Waals surface area contributed by atoms with Gasteiger partial charge < -0.3 is 15.2 Å². The molecule has 17 heavy (non-hydrogen) atoms. The Morgan fingerprint density at radius 1 is 1.18 bits per heavy atom. The fourth-order valence-corrected chi connectivity index (χ4v) is 1.82. The molecule has 0 saturated heterocycles. The van der Waals surface area contributed by atoms with Crippen LogP contribution in [0.5, 0.6) is 0 Å². The second kappa shape index (κ2) is 8.06. The van der Waals surface area contributed by atoms with Gasteiger partial charge in [-0.3, -0.25) is 0 Å². The zero-order valence-electron chi connectivity index (χ0n) is 12.3. The van der Waals surface area contributed by atoms with Crippen LogP contribution in [0, 0.1) is 0 Å². The first-order chi connectivity index (χ1) is 7.89. The summed E-state index contributed by atoms with van der Waals surface area (Å²) in [6, 6.07) is 0. The second-order valence-electron chi connectivity index (χ2n) is 5.78. The Kier molecular flexibility index (Phi) is 8.01. The van der Waals surface area contributed by atoms with Crippen LogP contribution >= 0.6 is 0 Å². The van der Waals surface area contributed by atoms with Gasteiger partial charge >= 0.3 is 0 Å². The summed E-state index contributed by atoms with van der Waals surface area (Å²) in [5.41, 5.74) is -0.178. The molecule has 0 fully saturated rings. The van der Waals surface area contributed by atoms with E-state index >= 15 is 0 Å². The van der Waals surface area contributed by atoms with Gasteiger partial charge in [0.25, 0.3) is 0 Å². The van der Waals surface area contributed by atoms with Gasteiger partial charge in [0.2, 0.25) is 0 Å². The predicted octanol–water partition coefficient (Wildman–Crippen LogP) is 2.72. The van der Waals surface area contributed by atoms with Crippen LogP contribution in [0.1, 0.15) is 60.3 Å². The Bertz CT molecular complexity index is 183. The molecule has 3 heteroatoms. The smallest absolute Gasteiger partial charge is 0.0613 e. The van der Waals surface area contributed by atoms with Crippen LogP contribution in [0.15, 0.2) is 0 Å². The molecule has 104 valence electrons. The quantitative estimate of drug-likeness (QED) is 0.614. The highest BCUT2D eigenvalue weighted by Crippen LogP contribution is 2.18. The van der Waals surface area contributed by atoms with Crippen LogP contribution < -0.4 is 5.32 Å². The lowest BCUT2D eigenvalue weighted by Gasteiger charge is -2.32. The normalized spacial score (nSPS) is 15.9. The van der Waals surface area contributed by atoms with Crippen LogP contribution in [-0.2, 0) is 4.74 Å². The van der Waals surface area contributed by atoms with Gasteiger partial charge in [-0.25, -0.2) is 0 Å². The highest BCUT2D eigenvalue weighted by atomic mass is 16.5. The van der Waals surface area contributed by atoms with Crippen molar-refractivity contribution in [3.8, 4) is 0 Å². The third kappa shape index (κ3) is 7.74. The Morgan fingerprint density at radius 3 is 2.24 bits per heavy atom. The summed E-state index contributed by atoms with van der Waals surface area (Å²) in [5.74, 6) is 0. The van der Waals surface area contributed by atoms with E-state index in [1.807, 2.05) is 0 Å². The van der Waals surface area contributed by atoms with E-state index in [1.54, 1.807) is 0 Å². The van der Waals surface area contributed by atoms with E-state index in [0.717, 1.165) is 38.8 Å². The molecule has 1 unspecified atom stereocenters. The molecule has 0 rings (SSSR count). The molecule has 3 nitrogen and oxygen atoms in total. The summed E-state index contributed by atoms with van der Waals surface area (Å²) in [6.07, 6.45) is 4.01. The van der Waals surface area contributed by atoms with Gasteiger partial charge in [0, 0.05) is 12.1 Å². The molecule has 0 amide bonds. The monoisotopic (exact) mass is 245 g/mol. The minimum atomic E-state index is -0.114. The van der Waals surface area contributed by atoms with Crippen molar-refractivity contribution >= 4 is 0 Å². The number of rotatable bonds is 9. The van der Waals surface area contributed by atoms with Crippen molar-refractivity contribution < 1.29 is 9.84 Å². The number of nitrogens with one attached hydrogen (secondary N) is 1.